The van der Waals surface area contributed by atoms with Crippen molar-refractivity contribution in [3.8, 4) is 22.6 Å². The molecule has 1 heterocycles. The van der Waals surface area contributed by atoms with Crippen molar-refractivity contribution in [2.45, 2.75) is 89.9 Å². The van der Waals surface area contributed by atoms with Crippen LogP contribution in [0.15, 0.2) is 30.5 Å². The SMILES string of the molecule is COc1cc(CC[C@H](C[C@@H](OC(C)=O)[C@H]2CCCCC[C@@H](O)C2)OC(C)=O)c(-c2ccnc(N)c2)cc1O. The molecule has 4 atom stereocenters. The van der Waals surface area contributed by atoms with Crippen molar-refractivity contribution in [2.24, 2.45) is 5.92 Å². The Bertz CT molecular complexity index is 1090. The van der Waals surface area contributed by atoms with Crippen LogP contribution in [0.5, 0.6) is 11.5 Å². The molecule has 208 valence electrons. The molecule has 0 unspecified atom stereocenters. The molecule has 0 spiro atoms. The van der Waals surface area contributed by atoms with Gasteiger partial charge in [0.25, 0.3) is 0 Å². The van der Waals surface area contributed by atoms with Gasteiger partial charge in [0.2, 0.25) is 0 Å². The number of esters is 2. The zero-order valence-electron chi connectivity index (χ0n) is 22.5. The van der Waals surface area contributed by atoms with Crippen LogP contribution in [0.3, 0.4) is 0 Å². The van der Waals surface area contributed by atoms with Gasteiger partial charge in [-0.3, -0.25) is 9.59 Å². The predicted octanol–water partition coefficient (Wildman–Crippen LogP) is 4.56. The van der Waals surface area contributed by atoms with E-state index < -0.39 is 30.3 Å². The number of ether oxygens (including phenoxy) is 3. The van der Waals surface area contributed by atoms with Gasteiger partial charge in [0.1, 0.15) is 18.0 Å². The summed E-state index contributed by atoms with van der Waals surface area (Å²) in [6.45, 7) is 2.74. The number of aryl methyl sites for hydroxylation is 1. The number of nitrogens with zero attached hydrogens (tertiary/aromatic N) is 1. The number of carbonyl (C=O) groups excluding carboxylic acids is 2. The van der Waals surface area contributed by atoms with Gasteiger partial charge in [0.15, 0.2) is 11.5 Å². The number of carbonyl (C=O) groups is 2. The predicted molar refractivity (Wildman–Crippen MR) is 144 cm³/mol. The number of aromatic hydroxyl groups is 1. The summed E-state index contributed by atoms with van der Waals surface area (Å²) in [5.74, 6) is -0.149. The molecule has 1 aliphatic rings. The summed E-state index contributed by atoms with van der Waals surface area (Å²) < 4.78 is 16.8. The van der Waals surface area contributed by atoms with Crippen LogP contribution in [0.1, 0.15) is 70.8 Å². The summed E-state index contributed by atoms with van der Waals surface area (Å²) in [7, 11) is 1.48. The number of aliphatic hydroxyl groups excluding tert-OH is 1. The molecule has 0 aliphatic heterocycles. The molecule has 0 amide bonds. The molecular formula is C29H40N2O7. The number of anilines is 1. The lowest BCUT2D eigenvalue weighted by Crippen LogP contribution is -2.35. The number of phenols is 1. The Balaban J connectivity index is 1.86. The van der Waals surface area contributed by atoms with Gasteiger partial charge in [-0.1, -0.05) is 19.3 Å². The summed E-state index contributed by atoms with van der Waals surface area (Å²) >= 11 is 0. The molecule has 1 aromatic heterocycles. The fraction of sp³-hybridized carbons (Fsp3) is 0.552. The van der Waals surface area contributed by atoms with Crippen LogP contribution in [0.25, 0.3) is 11.1 Å². The Labute approximate surface area is 224 Å². The van der Waals surface area contributed by atoms with E-state index in [9.17, 15) is 19.8 Å². The van der Waals surface area contributed by atoms with Crippen molar-refractivity contribution in [1.29, 1.82) is 0 Å². The minimum atomic E-state index is -0.519. The molecule has 0 bridgehead atoms. The van der Waals surface area contributed by atoms with Crippen molar-refractivity contribution < 1.29 is 34.0 Å². The first kappa shape index (κ1) is 29.2. The number of benzene rings is 1. The van der Waals surface area contributed by atoms with E-state index in [-0.39, 0.29) is 11.7 Å². The first-order valence-electron chi connectivity index (χ1n) is 13.3. The number of hydrogen-bond donors (Lipinski definition) is 3. The molecule has 3 rings (SSSR count). The highest BCUT2D eigenvalue weighted by atomic mass is 16.6. The van der Waals surface area contributed by atoms with Crippen molar-refractivity contribution in [3.63, 3.8) is 0 Å². The molecule has 0 saturated heterocycles. The number of phenolic OH excluding ortho intramolecular Hbond substituents is 1. The van der Waals surface area contributed by atoms with E-state index >= 15 is 0 Å². The van der Waals surface area contributed by atoms with Gasteiger partial charge in [0.05, 0.1) is 13.2 Å². The molecule has 1 saturated carbocycles. The minimum absolute atomic E-state index is 0.00377. The Morgan fingerprint density at radius 2 is 1.84 bits per heavy atom. The molecule has 0 radical (unpaired) electrons. The molecule has 1 aromatic carbocycles. The standard InChI is InChI=1S/C29H40N2O7/c1-18(32)37-24(16-27(38-19(2)33)22-7-5-4-6-8-23(34)13-22)10-9-20-14-28(36-3)26(35)17-25(20)21-11-12-31-29(30)15-21/h11-12,14-15,17,22-24,27,34-35H,4-10,13,16H2,1-3H3,(H2,30,31)/t22-,23+,24+,27+/m0/s1. The average molecular weight is 529 g/mol. The monoisotopic (exact) mass is 528 g/mol. The van der Waals surface area contributed by atoms with Crippen LogP contribution in [-0.4, -0.2) is 52.6 Å². The van der Waals surface area contributed by atoms with Crippen molar-refractivity contribution in [2.75, 3.05) is 12.8 Å². The van der Waals surface area contributed by atoms with Crippen LogP contribution in [0.4, 0.5) is 5.82 Å². The zero-order chi connectivity index (χ0) is 27.7. The summed E-state index contributed by atoms with van der Waals surface area (Å²) in [6.07, 6.45) is 6.59. The first-order chi connectivity index (χ1) is 18.2. The second-order valence-corrected chi connectivity index (χ2v) is 10.1. The Kier molecular flexibility index (Phi) is 10.8. The Hall–Kier alpha value is -3.33. The fourth-order valence-corrected chi connectivity index (χ4v) is 5.34. The maximum Gasteiger partial charge on any atom is 0.302 e. The zero-order valence-corrected chi connectivity index (χ0v) is 22.5. The van der Waals surface area contributed by atoms with Crippen LogP contribution >= 0.6 is 0 Å². The highest BCUT2D eigenvalue weighted by Gasteiger charge is 2.31. The van der Waals surface area contributed by atoms with E-state index in [1.165, 1.54) is 21.0 Å². The molecule has 9 nitrogen and oxygen atoms in total. The second kappa shape index (κ2) is 14.0. The number of aliphatic hydroxyl groups is 1. The molecule has 2 aromatic rings. The first-order valence-corrected chi connectivity index (χ1v) is 13.3. The number of hydrogen-bond acceptors (Lipinski definition) is 9. The topological polar surface area (TPSA) is 141 Å². The lowest BCUT2D eigenvalue weighted by molar-refractivity contribution is -0.156. The Morgan fingerprint density at radius 1 is 1.11 bits per heavy atom. The van der Waals surface area contributed by atoms with Crippen LogP contribution < -0.4 is 10.5 Å². The number of nitrogen functional groups attached to an aromatic ring is 1. The van der Waals surface area contributed by atoms with Crippen LogP contribution in [-0.2, 0) is 25.5 Å². The molecule has 1 aliphatic carbocycles. The van der Waals surface area contributed by atoms with Crippen LogP contribution in [0.2, 0.25) is 0 Å². The highest BCUT2D eigenvalue weighted by molar-refractivity contribution is 5.72. The van der Waals surface area contributed by atoms with E-state index in [0.717, 1.165) is 48.8 Å². The van der Waals surface area contributed by atoms with Gasteiger partial charge in [-0.2, -0.15) is 0 Å². The summed E-state index contributed by atoms with van der Waals surface area (Å²) in [5, 5.41) is 20.9. The lowest BCUT2D eigenvalue weighted by atomic mass is 9.83. The Morgan fingerprint density at radius 3 is 2.53 bits per heavy atom. The van der Waals surface area contributed by atoms with E-state index in [4.69, 9.17) is 19.9 Å². The van der Waals surface area contributed by atoms with Crippen LogP contribution in [0, 0.1) is 5.92 Å². The van der Waals surface area contributed by atoms with Crippen molar-refractivity contribution in [3.05, 3.63) is 36.0 Å². The fourth-order valence-electron chi connectivity index (χ4n) is 5.34. The number of methoxy groups -OCH3 is 1. The molecule has 1 fully saturated rings. The number of nitrogens with two attached hydrogens (primary N) is 1. The van der Waals surface area contributed by atoms with Gasteiger partial charge >= 0.3 is 11.9 Å². The lowest BCUT2D eigenvalue weighted by Gasteiger charge is -2.32. The second-order valence-electron chi connectivity index (χ2n) is 10.1. The van der Waals surface area contributed by atoms with Gasteiger partial charge < -0.3 is 30.2 Å². The summed E-state index contributed by atoms with van der Waals surface area (Å²) in [5.41, 5.74) is 8.32. The van der Waals surface area contributed by atoms with Gasteiger partial charge in [0, 0.05) is 26.5 Å². The largest absolute Gasteiger partial charge is 0.504 e. The molecule has 38 heavy (non-hydrogen) atoms. The smallest absolute Gasteiger partial charge is 0.302 e. The van der Waals surface area contributed by atoms with E-state index in [1.807, 2.05) is 0 Å². The number of pyridine rings is 1. The van der Waals surface area contributed by atoms with Gasteiger partial charge in [-0.05, 0) is 79.0 Å². The van der Waals surface area contributed by atoms with Crippen molar-refractivity contribution >= 4 is 17.8 Å². The third-order valence-corrected chi connectivity index (χ3v) is 7.09. The quantitative estimate of drug-likeness (QED) is 0.378. The highest BCUT2D eigenvalue weighted by Crippen LogP contribution is 2.37. The van der Waals surface area contributed by atoms with E-state index in [2.05, 4.69) is 4.98 Å². The van der Waals surface area contributed by atoms with Crippen molar-refractivity contribution in [1.82, 2.24) is 4.98 Å². The maximum absolute atomic E-state index is 12.0. The molecular weight excluding hydrogens is 488 g/mol. The van der Waals surface area contributed by atoms with Gasteiger partial charge in [-0.15, -0.1) is 0 Å². The number of aromatic nitrogens is 1. The maximum atomic E-state index is 12.0. The molecule has 9 heteroatoms. The average Bonchev–Trinajstić information content (AvgIpc) is 2.84. The number of rotatable bonds is 10. The van der Waals surface area contributed by atoms with E-state index in [0.29, 0.717) is 37.3 Å². The van der Waals surface area contributed by atoms with E-state index in [1.54, 1.807) is 30.5 Å². The van der Waals surface area contributed by atoms with Gasteiger partial charge in [-0.25, -0.2) is 4.98 Å². The summed E-state index contributed by atoms with van der Waals surface area (Å²) in [4.78, 5) is 28.1. The summed E-state index contributed by atoms with van der Waals surface area (Å²) in [6, 6.07) is 6.93. The normalized spacial score (nSPS) is 19.5. The third kappa shape index (κ3) is 8.62. The minimum Gasteiger partial charge on any atom is -0.504 e. The molecule has 4 N–H and O–H groups in total. The third-order valence-electron chi connectivity index (χ3n) is 7.09.